The highest BCUT2D eigenvalue weighted by Crippen LogP contribution is 2.21. The molecule has 2 rings (SSSR count). The van der Waals surface area contributed by atoms with Gasteiger partial charge in [-0.2, -0.15) is 0 Å². The van der Waals surface area contributed by atoms with Crippen molar-refractivity contribution in [1.82, 2.24) is 14.9 Å². The van der Waals surface area contributed by atoms with Crippen LogP contribution >= 0.6 is 27.5 Å². The number of nitrogens with zero attached hydrogens (tertiary/aromatic N) is 2. The molecule has 96 valence electrons. The van der Waals surface area contributed by atoms with E-state index in [9.17, 15) is 0 Å². The molecule has 2 aromatic rings. The van der Waals surface area contributed by atoms with E-state index in [2.05, 4.69) is 26.2 Å². The lowest BCUT2D eigenvalue weighted by atomic mass is 10.2. The molecule has 0 bridgehead atoms. The fourth-order valence-corrected chi connectivity index (χ4v) is 2.55. The van der Waals surface area contributed by atoms with Crippen LogP contribution in [0.1, 0.15) is 11.4 Å². The zero-order chi connectivity index (χ0) is 13.0. The Hall–Kier alpha value is -0.840. The Morgan fingerprint density at radius 3 is 2.94 bits per heavy atom. The van der Waals surface area contributed by atoms with Gasteiger partial charge in [-0.05, 0) is 17.7 Å². The van der Waals surface area contributed by atoms with Crippen molar-refractivity contribution in [1.29, 1.82) is 0 Å². The van der Waals surface area contributed by atoms with E-state index < -0.39 is 0 Å². The zero-order valence-electron chi connectivity index (χ0n) is 10.2. The van der Waals surface area contributed by atoms with Crippen LogP contribution in [0.15, 0.2) is 35.1 Å². The second-order valence-corrected chi connectivity index (χ2v) is 5.41. The van der Waals surface area contributed by atoms with Crippen molar-refractivity contribution in [3.8, 4) is 0 Å². The molecule has 18 heavy (non-hydrogen) atoms. The molecule has 0 aliphatic carbocycles. The van der Waals surface area contributed by atoms with Crippen LogP contribution in [-0.2, 0) is 20.0 Å². The van der Waals surface area contributed by atoms with E-state index in [1.54, 1.807) is 0 Å². The minimum Gasteiger partial charge on any atom is -0.338 e. The van der Waals surface area contributed by atoms with Gasteiger partial charge in [-0.15, -0.1) is 0 Å². The molecule has 0 saturated heterocycles. The predicted molar refractivity (Wildman–Crippen MR) is 77.8 cm³/mol. The summed E-state index contributed by atoms with van der Waals surface area (Å²) < 4.78 is 3.08. The number of nitrogens with one attached hydrogen (secondary N) is 1. The maximum Gasteiger partial charge on any atom is 0.109 e. The smallest absolute Gasteiger partial charge is 0.109 e. The van der Waals surface area contributed by atoms with Gasteiger partial charge in [0.15, 0.2) is 0 Å². The van der Waals surface area contributed by atoms with E-state index >= 15 is 0 Å². The van der Waals surface area contributed by atoms with Gasteiger partial charge in [0.2, 0.25) is 0 Å². The molecule has 1 aromatic carbocycles. The molecule has 0 saturated carbocycles. The monoisotopic (exact) mass is 327 g/mol. The van der Waals surface area contributed by atoms with Crippen LogP contribution in [0.4, 0.5) is 0 Å². The summed E-state index contributed by atoms with van der Waals surface area (Å²) in [4.78, 5) is 4.29. The average molecular weight is 329 g/mol. The average Bonchev–Trinajstić information content (AvgIpc) is 2.73. The predicted octanol–water partition coefficient (Wildman–Crippen LogP) is 3.17. The number of hydrogen-bond acceptors (Lipinski definition) is 2. The van der Waals surface area contributed by atoms with Crippen LogP contribution in [0.5, 0.6) is 0 Å². The third-order valence-corrected chi connectivity index (χ3v) is 3.75. The molecule has 1 heterocycles. The maximum atomic E-state index is 5.90. The van der Waals surface area contributed by atoms with Gasteiger partial charge in [-0.25, -0.2) is 4.98 Å². The molecular formula is C13H15BrClN3. The van der Waals surface area contributed by atoms with E-state index in [1.165, 1.54) is 5.56 Å². The van der Waals surface area contributed by atoms with E-state index in [0.29, 0.717) is 0 Å². The van der Waals surface area contributed by atoms with Crippen LogP contribution in [0.3, 0.4) is 0 Å². The summed E-state index contributed by atoms with van der Waals surface area (Å²) in [7, 11) is 2.01. The standard InChI is InChI=1S/C13H15BrClN3/c1-18-7-6-17-13(18)4-5-16-9-10-2-3-11(15)8-12(10)14/h2-3,6-8,16H,4-5,9H2,1H3. The normalized spacial score (nSPS) is 10.8. The van der Waals surface area contributed by atoms with Crippen LogP contribution in [0.25, 0.3) is 0 Å². The Morgan fingerprint density at radius 1 is 1.44 bits per heavy atom. The Balaban J connectivity index is 1.80. The highest BCUT2D eigenvalue weighted by atomic mass is 79.9. The molecule has 0 fully saturated rings. The van der Waals surface area contributed by atoms with Gasteiger partial charge in [0.25, 0.3) is 0 Å². The first kappa shape index (κ1) is 13.6. The first-order valence-corrected chi connectivity index (χ1v) is 6.95. The Kier molecular flexibility index (Phi) is 4.80. The number of hydrogen-bond donors (Lipinski definition) is 1. The Bertz CT molecular complexity index is 525. The molecule has 0 aliphatic heterocycles. The van der Waals surface area contributed by atoms with E-state index in [0.717, 1.165) is 34.8 Å². The lowest BCUT2D eigenvalue weighted by molar-refractivity contribution is 0.654. The second kappa shape index (κ2) is 6.36. The van der Waals surface area contributed by atoms with Crippen molar-refractivity contribution in [3.63, 3.8) is 0 Å². The summed E-state index contributed by atoms with van der Waals surface area (Å²) in [6.07, 6.45) is 4.71. The lowest BCUT2D eigenvalue weighted by Gasteiger charge is -2.07. The first-order valence-electron chi connectivity index (χ1n) is 5.77. The summed E-state index contributed by atoms with van der Waals surface area (Å²) in [6.45, 7) is 1.72. The van der Waals surface area contributed by atoms with Gasteiger partial charge in [0.05, 0.1) is 0 Å². The van der Waals surface area contributed by atoms with Gasteiger partial charge in [0.1, 0.15) is 5.82 Å². The van der Waals surface area contributed by atoms with Crippen molar-refractivity contribution in [2.24, 2.45) is 7.05 Å². The topological polar surface area (TPSA) is 29.9 Å². The highest BCUT2D eigenvalue weighted by molar-refractivity contribution is 9.10. The molecule has 0 radical (unpaired) electrons. The van der Waals surface area contributed by atoms with Crippen molar-refractivity contribution in [2.45, 2.75) is 13.0 Å². The number of rotatable bonds is 5. The summed E-state index contributed by atoms with van der Waals surface area (Å²) in [5.74, 6) is 1.10. The van der Waals surface area contributed by atoms with Crippen LogP contribution in [0, 0.1) is 0 Å². The SMILES string of the molecule is Cn1ccnc1CCNCc1ccc(Cl)cc1Br. The summed E-state index contributed by atoms with van der Waals surface area (Å²) in [5.41, 5.74) is 1.21. The molecule has 0 unspecified atom stereocenters. The van der Waals surface area contributed by atoms with Crippen molar-refractivity contribution >= 4 is 27.5 Å². The number of aromatic nitrogens is 2. The third kappa shape index (κ3) is 3.57. The highest BCUT2D eigenvalue weighted by Gasteiger charge is 2.01. The van der Waals surface area contributed by atoms with Crippen LogP contribution in [-0.4, -0.2) is 16.1 Å². The Labute approximate surface area is 120 Å². The van der Waals surface area contributed by atoms with E-state index in [1.807, 2.05) is 42.2 Å². The largest absolute Gasteiger partial charge is 0.338 e. The molecule has 1 aromatic heterocycles. The molecule has 0 atom stereocenters. The van der Waals surface area contributed by atoms with Crippen molar-refractivity contribution in [3.05, 3.63) is 51.5 Å². The lowest BCUT2D eigenvalue weighted by Crippen LogP contribution is -2.18. The summed E-state index contributed by atoms with van der Waals surface area (Å²) >= 11 is 9.41. The van der Waals surface area contributed by atoms with Crippen molar-refractivity contribution in [2.75, 3.05) is 6.54 Å². The van der Waals surface area contributed by atoms with Gasteiger partial charge in [-0.1, -0.05) is 33.6 Å². The number of halogens is 2. The maximum absolute atomic E-state index is 5.90. The van der Waals surface area contributed by atoms with E-state index in [-0.39, 0.29) is 0 Å². The molecule has 1 N–H and O–H groups in total. The number of benzene rings is 1. The minimum atomic E-state index is 0.749. The van der Waals surface area contributed by atoms with Gasteiger partial charge < -0.3 is 9.88 Å². The molecule has 0 spiro atoms. The fraction of sp³-hybridized carbons (Fsp3) is 0.308. The van der Waals surface area contributed by atoms with Crippen LogP contribution < -0.4 is 5.32 Å². The molecule has 0 amide bonds. The summed E-state index contributed by atoms with van der Waals surface area (Å²) in [5, 5.41) is 4.15. The number of aryl methyl sites for hydroxylation is 1. The minimum absolute atomic E-state index is 0.749. The van der Waals surface area contributed by atoms with Crippen molar-refractivity contribution < 1.29 is 0 Å². The second-order valence-electron chi connectivity index (χ2n) is 4.12. The zero-order valence-corrected chi connectivity index (χ0v) is 12.5. The molecule has 0 aliphatic rings. The van der Waals surface area contributed by atoms with Crippen LogP contribution in [0.2, 0.25) is 5.02 Å². The molecular weight excluding hydrogens is 314 g/mol. The fourth-order valence-electron chi connectivity index (χ4n) is 1.73. The van der Waals surface area contributed by atoms with Gasteiger partial charge >= 0.3 is 0 Å². The van der Waals surface area contributed by atoms with Gasteiger partial charge in [-0.3, -0.25) is 0 Å². The van der Waals surface area contributed by atoms with Gasteiger partial charge in [0, 0.05) is 48.4 Å². The molecule has 5 heteroatoms. The number of imidazole rings is 1. The third-order valence-electron chi connectivity index (χ3n) is 2.78. The quantitative estimate of drug-likeness (QED) is 0.854. The van der Waals surface area contributed by atoms with E-state index in [4.69, 9.17) is 11.6 Å². The molecule has 3 nitrogen and oxygen atoms in total. The first-order chi connectivity index (χ1) is 8.66. The summed E-state index contributed by atoms with van der Waals surface area (Å²) in [6, 6.07) is 5.85. The Morgan fingerprint density at radius 2 is 2.28 bits per heavy atom.